The first-order chi connectivity index (χ1) is 16.7. The van der Waals surface area contributed by atoms with Crippen LogP contribution in [0.1, 0.15) is 24.4 Å². The molecule has 0 aliphatic carbocycles. The molecule has 0 unspecified atom stereocenters. The van der Waals surface area contributed by atoms with Gasteiger partial charge in [0, 0.05) is 6.61 Å². The molecule has 0 fully saturated rings. The van der Waals surface area contributed by atoms with E-state index in [-0.39, 0.29) is 80.6 Å². The molecule has 3 aromatic carbocycles. The molecule has 0 saturated carbocycles. The molecule has 10 nitrogen and oxygen atoms in total. The Kier molecular flexibility index (Phi) is 18.8. The van der Waals surface area contributed by atoms with Crippen molar-refractivity contribution in [2.24, 2.45) is 0 Å². The number of hydrogen-bond acceptors (Lipinski definition) is 5. The Morgan fingerprint density at radius 1 is 0.575 bits per heavy atom. The van der Waals surface area contributed by atoms with Gasteiger partial charge in [-0.25, -0.2) is 15.0 Å². The molecular weight excluding hydrogens is 680 g/mol. The molecule has 6 rings (SSSR count). The smallest absolute Gasteiger partial charge is 1.00 e. The summed E-state index contributed by atoms with van der Waals surface area (Å²) in [7, 11) is 0. The van der Waals surface area contributed by atoms with Crippen LogP contribution in [0.4, 0.5) is 0 Å². The summed E-state index contributed by atoms with van der Waals surface area (Å²) in [5.41, 5.74) is 6.07. The Hall–Kier alpha value is -2.35. The van der Waals surface area contributed by atoms with Crippen LogP contribution in [0.3, 0.4) is 0 Å². The van der Waals surface area contributed by atoms with Crippen LogP contribution in [0.15, 0.2) is 72.8 Å². The molecule has 3 heterocycles. The van der Waals surface area contributed by atoms with Crippen molar-refractivity contribution in [2.45, 2.75) is 26.6 Å². The zero-order chi connectivity index (χ0) is 23.3. The largest absolute Gasteiger partial charge is 3.00 e. The Balaban J connectivity index is 0. The average molecular weight is 711 g/mol. The monoisotopic (exact) mass is 709 g/mol. The van der Waals surface area contributed by atoms with Crippen molar-refractivity contribution in [1.29, 1.82) is 0 Å². The van der Waals surface area contributed by atoms with E-state index in [9.17, 15) is 0 Å². The van der Waals surface area contributed by atoms with Crippen LogP contribution in [-0.4, -0.2) is 83.3 Å². The first kappa shape index (κ1) is 39.8. The summed E-state index contributed by atoms with van der Waals surface area (Å²) in [5, 5.41) is 7.57. The zero-order valence-corrected chi connectivity index (χ0v) is 27.3. The van der Waals surface area contributed by atoms with Gasteiger partial charge >= 0.3 is 25.8 Å². The number of nitrogens with zero attached hydrogens (tertiary/aromatic N) is 4. The van der Waals surface area contributed by atoms with Crippen molar-refractivity contribution < 1.29 is 53.3 Å². The van der Waals surface area contributed by atoms with Gasteiger partial charge in [-0.3, -0.25) is 4.90 Å². The van der Waals surface area contributed by atoms with E-state index in [0.29, 0.717) is 19.6 Å². The molecule has 6 aromatic rings. The third-order valence-electron chi connectivity index (χ3n) is 5.44. The van der Waals surface area contributed by atoms with E-state index in [1.807, 2.05) is 54.6 Å². The third-order valence-corrected chi connectivity index (χ3v) is 5.44. The molecule has 0 amide bonds. The number of para-hydroxylation sites is 6. The minimum absolute atomic E-state index is 0. The topological polar surface area (TPSA) is 173 Å². The van der Waals surface area contributed by atoms with E-state index in [4.69, 9.17) is 20.1 Å². The molecule has 0 saturated heterocycles. The number of fused-ring (bicyclic) bond motifs is 3. The number of benzene rings is 3. The number of aromatic nitrogens is 6. The molecule has 3 aromatic heterocycles. The van der Waals surface area contributed by atoms with Crippen molar-refractivity contribution >= 4 is 58.9 Å². The number of rotatable bonds is 6. The van der Waals surface area contributed by atoms with E-state index in [2.05, 4.69) is 38.1 Å². The Morgan fingerprint density at radius 3 is 1.07 bits per heavy atom. The Morgan fingerprint density at radius 2 is 0.825 bits per heavy atom. The quantitative estimate of drug-likeness (QED) is 0.135. The maximum Gasteiger partial charge on any atom is 3.00 e. The van der Waals surface area contributed by atoms with E-state index in [0.717, 1.165) is 50.6 Å². The summed E-state index contributed by atoms with van der Waals surface area (Å²) in [6.45, 7) is 3.90. The van der Waals surface area contributed by atoms with Crippen molar-refractivity contribution in [3.63, 3.8) is 0 Å². The predicted molar refractivity (Wildman–Crippen MR) is 147 cm³/mol. The zero-order valence-electron chi connectivity index (χ0n) is 21.7. The fourth-order valence-corrected chi connectivity index (χ4v) is 4.04. The second-order valence-corrected chi connectivity index (χ2v) is 8.06. The molecule has 14 heteroatoms. The molecule has 40 heavy (non-hydrogen) atoms. The second-order valence-electron chi connectivity index (χ2n) is 8.06. The molecular formula is C26H31Cl3InN7O3. The van der Waals surface area contributed by atoms with E-state index in [1.54, 1.807) is 6.92 Å². The van der Waals surface area contributed by atoms with Gasteiger partial charge < -0.3 is 68.2 Å². The maximum atomic E-state index is 7.57. The van der Waals surface area contributed by atoms with Gasteiger partial charge in [0.15, 0.2) is 0 Å². The van der Waals surface area contributed by atoms with Crippen LogP contribution in [-0.2, 0) is 19.6 Å². The van der Waals surface area contributed by atoms with Crippen LogP contribution in [0.2, 0.25) is 0 Å². The van der Waals surface area contributed by atoms with Crippen LogP contribution in [0.25, 0.3) is 33.1 Å². The van der Waals surface area contributed by atoms with Crippen LogP contribution < -0.4 is 37.2 Å². The number of nitrogens with one attached hydrogen (secondary N) is 3. The van der Waals surface area contributed by atoms with Gasteiger partial charge in [-0.2, -0.15) is 0 Å². The number of aliphatic hydroxyl groups excluding tert-OH is 1. The molecule has 0 aliphatic heterocycles. The number of aliphatic hydroxyl groups is 1. The van der Waals surface area contributed by atoms with Gasteiger partial charge in [-0.1, -0.05) is 36.4 Å². The van der Waals surface area contributed by atoms with E-state index < -0.39 is 0 Å². The molecule has 0 atom stereocenters. The predicted octanol–water partition coefficient (Wildman–Crippen LogP) is -6.50. The number of aromatic amines is 3. The van der Waals surface area contributed by atoms with Crippen molar-refractivity contribution in [1.82, 2.24) is 34.8 Å². The minimum atomic E-state index is 0. The number of halogens is 3. The van der Waals surface area contributed by atoms with Crippen LogP contribution in [0, 0.1) is 0 Å². The first-order valence-corrected chi connectivity index (χ1v) is 11.4. The molecule has 0 radical (unpaired) electrons. The summed E-state index contributed by atoms with van der Waals surface area (Å²) in [6, 6.07) is 24.3. The van der Waals surface area contributed by atoms with Gasteiger partial charge in [0.1, 0.15) is 17.5 Å². The molecule has 0 bridgehead atoms. The minimum Gasteiger partial charge on any atom is -1.00 e. The molecule has 212 valence electrons. The average Bonchev–Trinajstić information content (AvgIpc) is 3.54. The van der Waals surface area contributed by atoms with Crippen molar-refractivity contribution in [3.05, 3.63) is 90.3 Å². The Bertz CT molecular complexity index is 1260. The van der Waals surface area contributed by atoms with Gasteiger partial charge in [-0.15, -0.1) is 0 Å². The standard InChI is InChI=1S/C24H21N7.C2H6O.3ClH.In.2H2O/c1-2-8-17-16(7-1)25-22(26-17)13-31(14-23-27-18-9-3-4-10-19(18)28-23)15-24-29-20-11-5-6-12-21(20)30-24;1-2-3;;;;;;/h1-12H,13-15H2,(H,25,26)(H,27,28)(H,29,30);3H,2H2,1H3;3*1H;;2*1H2/q;;;;;+3;;/p-3. The molecule has 0 aliphatic rings. The summed E-state index contributed by atoms with van der Waals surface area (Å²) in [4.78, 5) is 26.9. The first-order valence-electron chi connectivity index (χ1n) is 11.4. The summed E-state index contributed by atoms with van der Waals surface area (Å²) in [5.74, 6) is 2.77. The normalized spacial score (nSPS) is 9.68. The van der Waals surface area contributed by atoms with Gasteiger partial charge in [0.25, 0.3) is 0 Å². The molecule has 8 N–H and O–H groups in total. The third kappa shape index (κ3) is 9.64. The summed E-state index contributed by atoms with van der Waals surface area (Å²) < 4.78 is 0. The summed E-state index contributed by atoms with van der Waals surface area (Å²) in [6.07, 6.45) is 0. The maximum absolute atomic E-state index is 7.57. The second kappa shape index (κ2) is 18.9. The SMILES string of the molecule is CCO.O.O.[Cl-].[Cl-].[Cl-].[In+3].c1ccc2[nH]c(CN(Cc3nc4ccccc4[nH]3)Cc3nc4ccccc4[nH]3)nc2c1. The van der Waals surface area contributed by atoms with Gasteiger partial charge in [0.05, 0.1) is 52.7 Å². The fourth-order valence-electron chi connectivity index (χ4n) is 4.04. The number of H-pyrrole nitrogens is 3. The number of imidazole rings is 3. The van der Waals surface area contributed by atoms with Gasteiger partial charge in [-0.05, 0) is 43.3 Å². The Labute approximate surface area is 269 Å². The number of hydrogen-bond donors (Lipinski definition) is 4. The van der Waals surface area contributed by atoms with Crippen molar-refractivity contribution in [2.75, 3.05) is 6.61 Å². The van der Waals surface area contributed by atoms with Crippen molar-refractivity contribution in [3.8, 4) is 0 Å². The van der Waals surface area contributed by atoms with E-state index >= 15 is 0 Å². The molecule has 0 spiro atoms. The van der Waals surface area contributed by atoms with Crippen LogP contribution >= 0.6 is 0 Å². The van der Waals surface area contributed by atoms with Gasteiger partial charge in [0.2, 0.25) is 0 Å². The fraction of sp³-hybridized carbons (Fsp3) is 0.192. The van der Waals surface area contributed by atoms with E-state index in [1.165, 1.54) is 0 Å². The summed E-state index contributed by atoms with van der Waals surface area (Å²) >= 11 is 0. The van der Waals surface area contributed by atoms with Crippen LogP contribution in [0.5, 0.6) is 0 Å².